The van der Waals surface area contributed by atoms with Crippen LogP contribution in [0, 0.1) is 3.57 Å². The smallest absolute Gasteiger partial charge is 0.255 e. The van der Waals surface area contributed by atoms with Crippen LogP contribution in [-0.2, 0) is 0 Å². The van der Waals surface area contributed by atoms with Gasteiger partial charge < -0.3 is 4.90 Å². The number of hydrogen-bond acceptors (Lipinski definition) is 1. The Morgan fingerprint density at radius 1 is 1.56 bits per heavy atom. The van der Waals surface area contributed by atoms with E-state index in [1.807, 2.05) is 25.2 Å². The molecule has 0 radical (unpaired) electrons. The van der Waals surface area contributed by atoms with Crippen LogP contribution in [0.5, 0.6) is 0 Å². The molecule has 1 amide bonds. The first-order chi connectivity index (χ1) is 7.47. The van der Waals surface area contributed by atoms with Gasteiger partial charge in [-0.05, 0) is 70.1 Å². The van der Waals surface area contributed by atoms with Crippen LogP contribution >= 0.6 is 38.5 Å². The molecule has 0 heterocycles. The van der Waals surface area contributed by atoms with E-state index < -0.39 is 0 Å². The molecular formula is C12H15BrINO. The van der Waals surface area contributed by atoms with Gasteiger partial charge in [-0.1, -0.05) is 6.92 Å². The lowest BCUT2D eigenvalue weighted by Gasteiger charge is -2.24. The van der Waals surface area contributed by atoms with Crippen LogP contribution in [0.4, 0.5) is 0 Å². The normalized spacial score (nSPS) is 12.3. The fourth-order valence-electron chi connectivity index (χ4n) is 1.33. The standard InChI is InChI=1S/C12H15BrINO/c1-4-8(2)15(3)12(16)10-7-9(14)5-6-11(10)13/h5-8H,4H2,1-3H3. The summed E-state index contributed by atoms with van der Waals surface area (Å²) in [6, 6.07) is 6.06. The molecule has 16 heavy (non-hydrogen) atoms. The maximum atomic E-state index is 12.2. The molecule has 4 heteroatoms. The van der Waals surface area contributed by atoms with Gasteiger partial charge in [-0.15, -0.1) is 0 Å². The summed E-state index contributed by atoms with van der Waals surface area (Å²) in [7, 11) is 1.85. The molecular weight excluding hydrogens is 381 g/mol. The minimum absolute atomic E-state index is 0.0692. The summed E-state index contributed by atoms with van der Waals surface area (Å²) in [4.78, 5) is 14.0. The number of hydrogen-bond donors (Lipinski definition) is 0. The minimum Gasteiger partial charge on any atom is -0.339 e. The molecule has 0 fully saturated rings. The van der Waals surface area contributed by atoms with Gasteiger partial charge >= 0.3 is 0 Å². The first-order valence-electron chi connectivity index (χ1n) is 5.19. The fourth-order valence-corrected chi connectivity index (χ4v) is 2.23. The van der Waals surface area contributed by atoms with Crippen molar-refractivity contribution in [1.82, 2.24) is 4.90 Å². The third-order valence-electron chi connectivity index (χ3n) is 2.73. The maximum absolute atomic E-state index is 12.2. The van der Waals surface area contributed by atoms with E-state index in [1.165, 1.54) is 0 Å². The van der Waals surface area contributed by atoms with Gasteiger partial charge in [0.1, 0.15) is 0 Å². The van der Waals surface area contributed by atoms with E-state index in [4.69, 9.17) is 0 Å². The van der Waals surface area contributed by atoms with E-state index in [0.717, 1.165) is 20.0 Å². The van der Waals surface area contributed by atoms with Crippen molar-refractivity contribution >= 4 is 44.4 Å². The largest absolute Gasteiger partial charge is 0.339 e. The van der Waals surface area contributed by atoms with Gasteiger partial charge in [0.15, 0.2) is 0 Å². The highest BCUT2D eigenvalue weighted by molar-refractivity contribution is 14.1. The summed E-state index contributed by atoms with van der Waals surface area (Å²) in [5, 5.41) is 0. The molecule has 1 atom stereocenters. The monoisotopic (exact) mass is 395 g/mol. The number of rotatable bonds is 3. The van der Waals surface area contributed by atoms with Crippen LogP contribution in [0.15, 0.2) is 22.7 Å². The van der Waals surface area contributed by atoms with Gasteiger partial charge in [0.05, 0.1) is 5.56 Å². The Bertz CT molecular complexity index is 395. The quantitative estimate of drug-likeness (QED) is 0.710. The van der Waals surface area contributed by atoms with E-state index in [-0.39, 0.29) is 11.9 Å². The molecule has 88 valence electrons. The third-order valence-corrected chi connectivity index (χ3v) is 4.09. The second-order valence-corrected chi connectivity index (χ2v) is 5.90. The SMILES string of the molecule is CCC(C)N(C)C(=O)c1cc(I)ccc1Br. The zero-order chi connectivity index (χ0) is 12.3. The molecule has 0 spiro atoms. The molecule has 1 aromatic rings. The lowest BCUT2D eigenvalue weighted by molar-refractivity contribution is 0.0739. The van der Waals surface area contributed by atoms with Crippen molar-refractivity contribution in [2.75, 3.05) is 7.05 Å². The lowest BCUT2D eigenvalue weighted by atomic mass is 10.1. The van der Waals surface area contributed by atoms with Gasteiger partial charge in [0, 0.05) is 21.1 Å². The van der Waals surface area contributed by atoms with Gasteiger partial charge in [0.25, 0.3) is 5.91 Å². The highest BCUT2D eigenvalue weighted by atomic mass is 127. The van der Waals surface area contributed by atoms with Crippen LogP contribution < -0.4 is 0 Å². The molecule has 2 nitrogen and oxygen atoms in total. The topological polar surface area (TPSA) is 20.3 Å². The molecule has 1 aromatic carbocycles. The van der Waals surface area contributed by atoms with Gasteiger partial charge in [-0.2, -0.15) is 0 Å². The Labute approximate surface area is 119 Å². The lowest BCUT2D eigenvalue weighted by Crippen LogP contribution is -2.34. The number of amides is 1. The van der Waals surface area contributed by atoms with Crippen molar-refractivity contribution in [3.63, 3.8) is 0 Å². The highest BCUT2D eigenvalue weighted by Crippen LogP contribution is 2.21. The van der Waals surface area contributed by atoms with Crippen LogP contribution in [-0.4, -0.2) is 23.9 Å². The summed E-state index contributed by atoms with van der Waals surface area (Å²) in [5.41, 5.74) is 0.731. The number of halogens is 2. The van der Waals surface area contributed by atoms with Crippen LogP contribution in [0.3, 0.4) is 0 Å². The summed E-state index contributed by atoms with van der Waals surface area (Å²) in [6.07, 6.45) is 0.962. The summed E-state index contributed by atoms with van der Waals surface area (Å²) in [6.45, 7) is 4.14. The van der Waals surface area contributed by atoms with Crippen LogP contribution in [0.1, 0.15) is 30.6 Å². The first-order valence-corrected chi connectivity index (χ1v) is 7.06. The van der Waals surface area contributed by atoms with Crippen LogP contribution in [0.2, 0.25) is 0 Å². The fraction of sp³-hybridized carbons (Fsp3) is 0.417. The predicted octanol–water partition coefficient (Wildman–Crippen LogP) is 3.92. The van der Waals surface area contributed by atoms with E-state index in [0.29, 0.717) is 0 Å². The number of carbonyl (C=O) groups excluding carboxylic acids is 1. The predicted molar refractivity (Wildman–Crippen MR) is 78.7 cm³/mol. The average Bonchev–Trinajstić information content (AvgIpc) is 2.29. The zero-order valence-corrected chi connectivity index (χ0v) is 13.4. The Morgan fingerprint density at radius 3 is 2.75 bits per heavy atom. The molecule has 0 aliphatic carbocycles. The van der Waals surface area contributed by atoms with E-state index in [2.05, 4.69) is 52.4 Å². The number of benzene rings is 1. The van der Waals surface area contributed by atoms with E-state index >= 15 is 0 Å². The van der Waals surface area contributed by atoms with Gasteiger partial charge in [-0.25, -0.2) is 0 Å². The second kappa shape index (κ2) is 6.00. The van der Waals surface area contributed by atoms with Crippen molar-refractivity contribution < 1.29 is 4.79 Å². The summed E-state index contributed by atoms with van der Waals surface area (Å²) in [5.74, 6) is 0.0692. The Morgan fingerprint density at radius 2 is 2.19 bits per heavy atom. The molecule has 0 saturated carbocycles. The van der Waals surface area contributed by atoms with Crippen molar-refractivity contribution in [2.45, 2.75) is 26.3 Å². The maximum Gasteiger partial charge on any atom is 0.255 e. The van der Waals surface area contributed by atoms with E-state index in [1.54, 1.807) is 4.90 Å². The molecule has 0 aromatic heterocycles. The molecule has 0 aliphatic rings. The van der Waals surface area contributed by atoms with E-state index in [9.17, 15) is 4.79 Å². The van der Waals surface area contributed by atoms with Gasteiger partial charge in [-0.3, -0.25) is 4.79 Å². The molecule has 1 unspecified atom stereocenters. The number of carbonyl (C=O) groups is 1. The van der Waals surface area contributed by atoms with Crippen molar-refractivity contribution in [1.29, 1.82) is 0 Å². The molecule has 0 saturated heterocycles. The third kappa shape index (κ3) is 3.20. The Balaban J connectivity index is 3.00. The molecule has 1 rings (SSSR count). The van der Waals surface area contributed by atoms with Crippen molar-refractivity contribution in [3.05, 3.63) is 31.8 Å². The van der Waals surface area contributed by atoms with Crippen molar-refractivity contribution in [2.24, 2.45) is 0 Å². The Hall–Kier alpha value is -0.100. The summed E-state index contributed by atoms with van der Waals surface area (Å²) >= 11 is 5.63. The van der Waals surface area contributed by atoms with Gasteiger partial charge in [0.2, 0.25) is 0 Å². The average molecular weight is 396 g/mol. The molecule has 0 bridgehead atoms. The minimum atomic E-state index is 0.0692. The van der Waals surface area contributed by atoms with Crippen LogP contribution in [0.25, 0.3) is 0 Å². The molecule has 0 aliphatic heterocycles. The van der Waals surface area contributed by atoms with Crippen molar-refractivity contribution in [3.8, 4) is 0 Å². The molecule has 0 N–H and O–H groups in total. The number of nitrogens with zero attached hydrogens (tertiary/aromatic N) is 1. The highest BCUT2D eigenvalue weighted by Gasteiger charge is 2.18. The zero-order valence-electron chi connectivity index (χ0n) is 9.63. The summed E-state index contributed by atoms with van der Waals surface area (Å²) < 4.78 is 1.93. The Kier molecular flexibility index (Phi) is 5.24. The first kappa shape index (κ1) is 14.0. The second-order valence-electron chi connectivity index (χ2n) is 3.80.